The van der Waals surface area contributed by atoms with E-state index in [1.165, 1.54) is 12.8 Å². The first-order valence-electron chi connectivity index (χ1n) is 7.83. The minimum absolute atomic E-state index is 0.698. The summed E-state index contributed by atoms with van der Waals surface area (Å²) in [5.41, 5.74) is 2.24. The molecular formula is C17H23N3O. The summed E-state index contributed by atoms with van der Waals surface area (Å²) < 4.78 is 5.47. The van der Waals surface area contributed by atoms with Gasteiger partial charge in [-0.05, 0) is 68.6 Å². The smallest absolute Gasteiger partial charge is 0.119 e. The summed E-state index contributed by atoms with van der Waals surface area (Å²) in [6.45, 7) is 4.97. The number of rotatable bonds is 5. The molecule has 3 rings (SSSR count). The van der Waals surface area contributed by atoms with Crippen LogP contribution in [0.3, 0.4) is 0 Å². The summed E-state index contributed by atoms with van der Waals surface area (Å²) in [6.07, 6.45) is 5.49. The molecule has 1 aromatic carbocycles. The van der Waals surface area contributed by atoms with Crippen LogP contribution in [0.15, 0.2) is 30.5 Å². The van der Waals surface area contributed by atoms with Crippen molar-refractivity contribution in [2.45, 2.75) is 26.2 Å². The number of aromatic amines is 1. The van der Waals surface area contributed by atoms with E-state index >= 15 is 0 Å². The van der Waals surface area contributed by atoms with E-state index in [1.54, 1.807) is 0 Å². The second kappa shape index (κ2) is 6.76. The van der Waals surface area contributed by atoms with Crippen molar-refractivity contribution in [3.05, 3.63) is 36.3 Å². The largest absolute Gasteiger partial charge is 0.494 e. The molecule has 4 heteroatoms. The van der Waals surface area contributed by atoms with Gasteiger partial charge < -0.3 is 15.0 Å². The van der Waals surface area contributed by atoms with Gasteiger partial charge in [-0.3, -0.25) is 0 Å². The van der Waals surface area contributed by atoms with Gasteiger partial charge in [0.25, 0.3) is 0 Å². The minimum atomic E-state index is 0.698. The number of piperidine rings is 1. The van der Waals surface area contributed by atoms with Crippen molar-refractivity contribution in [3.8, 4) is 17.0 Å². The predicted octanol–water partition coefficient (Wildman–Crippen LogP) is 3.02. The quantitative estimate of drug-likeness (QED) is 0.888. The van der Waals surface area contributed by atoms with E-state index in [-0.39, 0.29) is 0 Å². The Balaban J connectivity index is 1.66. The molecule has 0 spiro atoms. The number of hydrogen-bond donors (Lipinski definition) is 2. The molecule has 0 amide bonds. The van der Waals surface area contributed by atoms with Crippen LogP contribution in [0, 0.1) is 5.92 Å². The number of hydrogen-bond acceptors (Lipinski definition) is 3. The number of H-pyrrole nitrogens is 1. The summed E-state index contributed by atoms with van der Waals surface area (Å²) in [5.74, 6) is 2.77. The molecule has 2 heterocycles. The summed E-state index contributed by atoms with van der Waals surface area (Å²) in [6, 6.07) is 8.16. The monoisotopic (exact) mass is 285 g/mol. The Kier molecular flexibility index (Phi) is 4.55. The lowest BCUT2D eigenvalue weighted by Crippen LogP contribution is -2.28. The van der Waals surface area contributed by atoms with Gasteiger partial charge in [0.1, 0.15) is 11.6 Å². The molecule has 0 atom stereocenters. The maximum atomic E-state index is 5.47. The number of benzene rings is 1. The molecule has 0 unspecified atom stereocenters. The van der Waals surface area contributed by atoms with E-state index < -0.39 is 0 Å². The Hall–Kier alpha value is -1.81. The average molecular weight is 285 g/mol. The van der Waals surface area contributed by atoms with Gasteiger partial charge >= 0.3 is 0 Å². The molecule has 4 nitrogen and oxygen atoms in total. The third kappa shape index (κ3) is 3.64. The van der Waals surface area contributed by atoms with Crippen LogP contribution < -0.4 is 10.1 Å². The fraction of sp³-hybridized carbons (Fsp3) is 0.471. The number of nitrogens with zero attached hydrogens (tertiary/aromatic N) is 1. The third-order valence-electron chi connectivity index (χ3n) is 4.05. The SMILES string of the molecule is CCOc1ccc(-c2cnc(CC3CCNCC3)[nH]2)cc1. The maximum absolute atomic E-state index is 5.47. The van der Waals surface area contributed by atoms with Crippen molar-refractivity contribution >= 4 is 0 Å². The second-order valence-electron chi connectivity index (χ2n) is 5.60. The minimum Gasteiger partial charge on any atom is -0.494 e. The van der Waals surface area contributed by atoms with Gasteiger partial charge in [-0.1, -0.05) is 0 Å². The molecule has 112 valence electrons. The summed E-state index contributed by atoms with van der Waals surface area (Å²) in [4.78, 5) is 7.99. The van der Waals surface area contributed by atoms with Crippen molar-refractivity contribution in [2.75, 3.05) is 19.7 Å². The molecule has 2 N–H and O–H groups in total. The van der Waals surface area contributed by atoms with Crippen molar-refractivity contribution < 1.29 is 4.74 Å². The van der Waals surface area contributed by atoms with Crippen LogP contribution in [0.4, 0.5) is 0 Å². The zero-order valence-corrected chi connectivity index (χ0v) is 12.6. The van der Waals surface area contributed by atoms with Gasteiger partial charge in [-0.15, -0.1) is 0 Å². The Bertz CT molecular complexity index is 556. The number of aromatic nitrogens is 2. The average Bonchev–Trinajstić information content (AvgIpc) is 2.98. The molecular weight excluding hydrogens is 262 g/mol. The molecule has 21 heavy (non-hydrogen) atoms. The Morgan fingerprint density at radius 3 is 2.67 bits per heavy atom. The first-order chi connectivity index (χ1) is 10.3. The molecule has 0 aliphatic carbocycles. The Morgan fingerprint density at radius 1 is 1.19 bits per heavy atom. The van der Waals surface area contributed by atoms with Gasteiger partial charge in [0, 0.05) is 6.42 Å². The first kappa shape index (κ1) is 14.1. The highest BCUT2D eigenvalue weighted by atomic mass is 16.5. The number of nitrogens with one attached hydrogen (secondary N) is 2. The molecule has 1 aliphatic rings. The third-order valence-corrected chi connectivity index (χ3v) is 4.05. The number of ether oxygens (including phenoxy) is 1. The van der Waals surface area contributed by atoms with Gasteiger partial charge in [0.2, 0.25) is 0 Å². The topological polar surface area (TPSA) is 49.9 Å². The molecule has 1 fully saturated rings. The van der Waals surface area contributed by atoms with Crippen molar-refractivity contribution in [1.29, 1.82) is 0 Å². The molecule has 0 saturated carbocycles. The first-order valence-corrected chi connectivity index (χ1v) is 7.83. The lowest BCUT2D eigenvalue weighted by atomic mass is 9.94. The zero-order valence-electron chi connectivity index (χ0n) is 12.6. The summed E-state index contributed by atoms with van der Waals surface area (Å²) >= 11 is 0. The predicted molar refractivity (Wildman–Crippen MR) is 84.5 cm³/mol. The van der Waals surface area contributed by atoms with E-state index in [2.05, 4.69) is 27.4 Å². The van der Waals surface area contributed by atoms with Gasteiger partial charge in [0.05, 0.1) is 18.5 Å². The highest BCUT2D eigenvalue weighted by Crippen LogP contribution is 2.22. The van der Waals surface area contributed by atoms with Crippen molar-refractivity contribution in [3.63, 3.8) is 0 Å². The van der Waals surface area contributed by atoms with Gasteiger partial charge in [-0.2, -0.15) is 0 Å². The van der Waals surface area contributed by atoms with Crippen LogP contribution in [0.25, 0.3) is 11.3 Å². The van der Waals surface area contributed by atoms with E-state index in [1.807, 2.05) is 25.3 Å². The zero-order chi connectivity index (χ0) is 14.5. The van der Waals surface area contributed by atoms with Crippen LogP contribution in [0.5, 0.6) is 5.75 Å². The highest BCUT2D eigenvalue weighted by Gasteiger charge is 2.15. The van der Waals surface area contributed by atoms with Gasteiger partial charge in [-0.25, -0.2) is 4.98 Å². The van der Waals surface area contributed by atoms with Crippen LogP contribution in [-0.4, -0.2) is 29.7 Å². The lowest BCUT2D eigenvalue weighted by Gasteiger charge is -2.21. The highest BCUT2D eigenvalue weighted by molar-refractivity contribution is 5.59. The van der Waals surface area contributed by atoms with Crippen LogP contribution >= 0.6 is 0 Å². The fourth-order valence-corrected chi connectivity index (χ4v) is 2.87. The van der Waals surface area contributed by atoms with Crippen LogP contribution in [0.1, 0.15) is 25.6 Å². The Morgan fingerprint density at radius 2 is 1.95 bits per heavy atom. The van der Waals surface area contributed by atoms with Crippen LogP contribution in [0.2, 0.25) is 0 Å². The van der Waals surface area contributed by atoms with E-state index in [9.17, 15) is 0 Å². The Labute approximate surface area is 125 Å². The summed E-state index contributed by atoms with van der Waals surface area (Å²) in [7, 11) is 0. The lowest BCUT2D eigenvalue weighted by molar-refractivity contribution is 0.340. The normalized spacial score (nSPS) is 16.0. The molecule has 1 aromatic heterocycles. The molecule has 1 aliphatic heterocycles. The van der Waals surface area contributed by atoms with Crippen LogP contribution in [-0.2, 0) is 6.42 Å². The standard InChI is InChI=1S/C17H23N3O/c1-2-21-15-5-3-14(4-6-15)16-12-19-17(20-16)11-13-7-9-18-10-8-13/h3-6,12-13,18H,2,7-11H2,1H3,(H,19,20). The van der Waals surface area contributed by atoms with E-state index in [0.29, 0.717) is 6.61 Å². The summed E-state index contributed by atoms with van der Waals surface area (Å²) in [5, 5.41) is 3.40. The second-order valence-corrected chi connectivity index (χ2v) is 5.60. The fourth-order valence-electron chi connectivity index (χ4n) is 2.87. The van der Waals surface area contributed by atoms with E-state index in [0.717, 1.165) is 48.3 Å². The number of imidazole rings is 1. The molecule has 2 aromatic rings. The van der Waals surface area contributed by atoms with Crippen molar-refractivity contribution in [1.82, 2.24) is 15.3 Å². The maximum Gasteiger partial charge on any atom is 0.119 e. The van der Waals surface area contributed by atoms with Gasteiger partial charge in [0.15, 0.2) is 0 Å². The molecule has 0 radical (unpaired) electrons. The van der Waals surface area contributed by atoms with Crippen molar-refractivity contribution in [2.24, 2.45) is 5.92 Å². The van der Waals surface area contributed by atoms with E-state index in [4.69, 9.17) is 4.74 Å². The molecule has 0 bridgehead atoms. The molecule has 1 saturated heterocycles.